The van der Waals surface area contributed by atoms with E-state index < -0.39 is 0 Å². The predicted molar refractivity (Wildman–Crippen MR) is 87.8 cm³/mol. The molecule has 2 N–H and O–H groups in total. The van der Waals surface area contributed by atoms with Crippen molar-refractivity contribution < 1.29 is 9.84 Å². The molecule has 0 aromatic heterocycles. The molecule has 4 heteroatoms. The van der Waals surface area contributed by atoms with E-state index in [4.69, 9.17) is 4.74 Å². The second kappa shape index (κ2) is 9.03. The lowest BCUT2D eigenvalue weighted by Gasteiger charge is -2.26. The third kappa shape index (κ3) is 6.04. The summed E-state index contributed by atoms with van der Waals surface area (Å²) in [4.78, 5) is 2.12. The van der Waals surface area contributed by atoms with Gasteiger partial charge in [0.05, 0.1) is 13.2 Å². The number of hydrogen-bond donors (Lipinski definition) is 2. The number of nitrogens with zero attached hydrogens (tertiary/aromatic N) is 1. The Labute approximate surface area is 129 Å². The first-order valence-electron chi connectivity index (χ1n) is 7.71. The highest BCUT2D eigenvalue weighted by Crippen LogP contribution is 2.23. The van der Waals surface area contributed by atoms with Crippen LogP contribution < -0.4 is 10.1 Å². The molecular formula is C17H30N2O2. The molecule has 4 nitrogen and oxygen atoms in total. The first-order chi connectivity index (χ1) is 9.97. The molecule has 21 heavy (non-hydrogen) atoms. The molecule has 0 saturated heterocycles. The maximum absolute atomic E-state index is 10.1. The van der Waals surface area contributed by atoms with E-state index in [2.05, 4.69) is 43.1 Å². The zero-order valence-corrected chi connectivity index (χ0v) is 14.0. The van der Waals surface area contributed by atoms with E-state index in [1.165, 1.54) is 5.56 Å². The SMILES string of the molecule is CCN(C)C[C@H](O)CN[C@@H](c1ccc(OC)cc1)C(C)C. The third-order valence-corrected chi connectivity index (χ3v) is 3.78. The number of hydrogen-bond acceptors (Lipinski definition) is 4. The molecule has 0 saturated carbocycles. The van der Waals surface area contributed by atoms with Crippen molar-refractivity contribution in [1.82, 2.24) is 10.2 Å². The molecule has 0 radical (unpaired) electrons. The number of likely N-dealkylation sites (N-methyl/N-ethyl adjacent to an activating group) is 1. The number of benzene rings is 1. The molecule has 0 unspecified atom stereocenters. The first-order valence-corrected chi connectivity index (χ1v) is 7.71. The largest absolute Gasteiger partial charge is 0.497 e. The number of rotatable bonds is 9. The van der Waals surface area contributed by atoms with Gasteiger partial charge in [-0.15, -0.1) is 0 Å². The zero-order chi connectivity index (χ0) is 15.8. The highest BCUT2D eigenvalue weighted by Gasteiger charge is 2.17. The molecule has 1 rings (SSSR count). The van der Waals surface area contributed by atoms with Crippen LogP contribution in [0.4, 0.5) is 0 Å². The molecule has 2 atom stereocenters. The fraction of sp³-hybridized carbons (Fsp3) is 0.647. The van der Waals surface area contributed by atoms with Gasteiger partial charge in [-0.2, -0.15) is 0 Å². The Morgan fingerprint density at radius 2 is 1.86 bits per heavy atom. The summed E-state index contributed by atoms with van der Waals surface area (Å²) >= 11 is 0. The lowest BCUT2D eigenvalue weighted by molar-refractivity contribution is 0.121. The van der Waals surface area contributed by atoms with Crippen molar-refractivity contribution in [2.24, 2.45) is 5.92 Å². The predicted octanol–water partition coefficient (Wildman–Crippen LogP) is 2.29. The van der Waals surface area contributed by atoms with Crippen LogP contribution in [-0.4, -0.2) is 49.9 Å². The molecule has 0 amide bonds. The van der Waals surface area contributed by atoms with E-state index in [9.17, 15) is 5.11 Å². The van der Waals surface area contributed by atoms with E-state index >= 15 is 0 Å². The van der Waals surface area contributed by atoms with Crippen LogP contribution in [0.3, 0.4) is 0 Å². The van der Waals surface area contributed by atoms with Crippen molar-refractivity contribution in [2.45, 2.75) is 32.9 Å². The molecular weight excluding hydrogens is 264 g/mol. The van der Waals surface area contributed by atoms with Crippen LogP contribution in [0.5, 0.6) is 5.75 Å². The molecule has 0 heterocycles. The van der Waals surface area contributed by atoms with Crippen molar-refractivity contribution in [3.8, 4) is 5.75 Å². The van der Waals surface area contributed by atoms with E-state index in [1.54, 1.807) is 7.11 Å². The Bertz CT molecular complexity index is 392. The molecule has 0 spiro atoms. The second-order valence-electron chi connectivity index (χ2n) is 5.91. The van der Waals surface area contributed by atoms with E-state index in [0.29, 0.717) is 19.0 Å². The highest BCUT2D eigenvalue weighted by atomic mass is 16.5. The van der Waals surface area contributed by atoms with Crippen LogP contribution in [0.25, 0.3) is 0 Å². The van der Waals surface area contributed by atoms with Gasteiger partial charge in [-0.3, -0.25) is 0 Å². The minimum Gasteiger partial charge on any atom is -0.497 e. The molecule has 120 valence electrons. The molecule has 0 aliphatic heterocycles. The van der Waals surface area contributed by atoms with E-state index in [0.717, 1.165) is 12.3 Å². The fourth-order valence-corrected chi connectivity index (χ4v) is 2.37. The van der Waals surface area contributed by atoms with E-state index in [-0.39, 0.29) is 12.1 Å². The summed E-state index contributed by atoms with van der Waals surface area (Å²) in [7, 11) is 3.69. The third-order valence-electron chi connectivity index (χ3n) is 3.78. The summed E-state index contributed by atoms with van der Waals surface area (Å²) in [5, 5.41) is 13.6. The van der Waals surface area contributed by atoms with Crippen LogP contribution in [0.2, 0.25) is 0 Å². The highest BCUT2D eigenvalue weighted by molar-refractivity contribution is 5.29. The van der Waals surface area contributed by atoms with Gasteiger partial charge in [0.15, 0.2) is 0 Å². The van der Waals surface area contributed by atoms with Gasteiger partial charge in [0.1, 0.15) is 5.75 Å². The average Bonchev–Trinajstić information content (AvgIpc) is 2.47. The summed E-state index contributed by atoms with van der Waals surface area (Å²) in [5.74, 6) is 1.32. The van der Waals surface area contributed by atoms with Crippen LogP contribution in [0.15, 0.2) is 24.3 Å². The van der Waals surface area contributed by atoms with Gasteiger partial charge in [-0.05, 0) is 37.2 Å². The standard InChI is InChI=1S/C17H30N2O2/c1-6-19(4)12-15(20)11-18-17(13(2)3)14-7-9-16(21-5)10-8-14/h7-10,13,15,17-18,20H,6,11-12H2,1-5H3/t15-,17-/m1/s1. The first kappa shape index (κ1) is 18.0. The molecule has 0 bridgehead atoms. The van der Waals surface area contributed by atoms with Gasteiger partial charge in [0.2, 0.25) is 0 Å². The van der Waals surface area contributed by atoms with Gasteiger partial charge in [0, 0.05) is 19.1 Å². The maximum Gasteiger partial charge on any atom is 0.118 e. The number of aliphatic hydroxyl groups excluding tert-OH is 1. The van der Waals surface area contributed by atoms with Gasteiger partial charge in [0.25, 0.3) is 0 Å². The molecule has 0 fully saturated rings. The Morgan fingerprint density at radius 3 is 2.33 bits per heavy atom. The summed E-state index contributed by atoms with van der Waals surface area (Å²) < 4.78 is 5.20. The van der Waals surface area contributed by atoms with Crippen LogP contribution in [0.1, 0.15) is 32.4 Å². The van der Waals surface area contributed by atoms with Crippen LogP contribution in [-0.2, 0) is 0 Å². The number of aliphatic hydroxyl groups is 1. The summed E-state index contributed by atoms with van der Waals surface area (Å²) in [6.07, 6.45) is -0.352. The quantitative estimate of drug-likeness (QED) is 0.733. The topological polar surface area (TPSA) is 44.7 Å². The van der Waals surface area contributed by atoms with Gasteiger partial charge >= 0.3 is 0 Å². The number of ether oxygens (including phenoxy) is 1. The van der Waals surface area contributed by atoms with Crippen LogP contribution >= 0.6 is 0 Å². The Hall–Kier alpha value is -1.10. The number of nitrogens with one attached hydrogen (secondary N) is 1. The molecule has 0 aliphatic rings. The summed E-state index contributed by atoms with van der Waals surface area (Å²) in [5.41, 5.74) is 1.22. The van der Waals surface area contributed by atoms with Gasteiger partial charge in [-0.1, -0.05) is 32.9 Å². The van der Waals surface area contributed by atoms with Crippen molar-refractivity contribution >= 4 is 0 Å². The minimum absolute atomic E-state index is 0.234. The summed E-state index contributed by atoms with van der Waals surface area (Å²) in [6.45, 7) is 8.70. The normalized spacial score (nSPS) is 14.5. The zero-order valence-electron chi connectivity index (χ0n) is 14.0. The molecule has 1 aromatic rings. The van der Waals surface area contributed by atoms with Crippen molar-refractivity contribution in [3.63, 3.8) is 0 Å². The Balaban J connectivity index is 2.61. The van der Waals surface area contributed by atoms with E-state index in [1.807, 2.05) is 19.2 Å². The maximum atomic E-state index is 10.1. The Morgan fingerprint density at radius 1 is 1.24 bits per heavy atom. The minimum atomic E-state index is -0.352. The smallest absolute Gasteiger partial charge is 0.118 e. The number of methoxy groups -OCH3 is 1. The monoisotopic (exact) mass is 294 g/mol. The Kier molecular flexibility index (Phi) is 7.72. The van der Waals surface area contributed by atoms with Crippen molar-refractivity contribution in [1.29, 1.82) is 0 Å². The molecule has 1 aromatic carbocycles. The van der Waals surface area contributed by atoms with Gasteiger partial charge in [-0.25, -0.2) is 0 Å². The summed E-state index contributed by atoms with van der Waals surface area (Å²) in [6, 6.07) is 8.36. The lowest BCUT2D eigenvalue weighted by Crippen LogP contribution is -2.39. The van der Waals surface area contributed by atoms with Crippen molar-refractivity contribution in [2.75, 3.05) is 33.8 Å². The fourth-order valence-electron chi connectivity index (χ4n) is 2.37. The van der Waals surface area contributed by atoms with Crippen molar-refractivity contribution in [3.05, 3.63) is 29.8 Å². The second-order valence-corrected chi connectivity index (χ2v) is 5.91. The lowest BCUT2D eigenvalue weighted by atomic mass is 9.96. The molecule has 0 aliphatic carbocycles. The average molecular weight is 294 g/mol. The van der Waals surface area contributed by atoms with Crippen LogP contribution in [0, 0.1) is 5.92 Å². The van der Waals surface area contributed by atoms with Gasteiger partial charge < -0.3 is 20.1 Å².